The van der Waals surface area contributed by atoms with Crippen molar-refractivity contribution in [2.75, 3.05) is 13.7 Å². The fraction of sp³-hybridized carbons (Fsp3) is 0.538. The van der Waals surface area contributed by atoms with E-state index in [1.165, 1.54) is 19.2 Å². The molecule has 4 heteroatoms. The van der Waals surface area contributed by atoms with E-state index in [0.29, 0.717) is 12.5 Å². The average Bonchev–Trinajstić information content (AvgIpc) is 2.34. The van der Waals surface area contributed by atoms with Crippen molar-refractivity contribution in [3.05, 3.63) is 29.3 Å². The molecular weight excluding hydrogens is 226 g/mol. The molecule has 0 aliphatic carbocycles. The molecule has 0 N–H and O–H groups in total. The summed E-state index contributed by atoms with van der Waals surface area (Å²) in [5, 5.41) is 0. The van der Waals surface area contributed by atoms with Crippen molar-refractivity contribution in [3.8, 4) is 5.75 Å². The zero-order chi connectivity index (χ0) is 12.4. The summed E-state index contributed by atoms with van der Waals surface area (Å²) in [6.45, 7) is 2.68. The lowest BCUT2D eigenvalue weighted by Crippen LogP contribution is -2.19. The van der Waals surface area contributed by atoms with Crippen LogP contribution in [0.4, 0.5) is 8.78 Å². The van der Waals surface area contributed by atoms with Gasteiger partial charge in [-0.1, -0.05) is 6.92 Å². The van der Waals surface area contributed by atoms with Crippen molar-refractivity contribution in [2.24, 2.45) is 5.92 Å². The maximum Gasteiger partial charge on any atom is 0.200 e. The quantitative estimate of drug-likeness (QED) is 0.790. The highest BCUT2D eigenvalue weighted by Crippen LogP contribution is 2.34. The summed E-state index contributed by atoms with van der Waals surface area (Å²) >= 11 is 0. The number of hydrogen-bond acceptors (Lipinski definition) is 2. The Morgan fingerprint density at radius 1 is 1.24 bits per heavy atom. The number of methoxy groups -OCH3 is 1. The lowest BCUT2D eigenvalue weighted by molar-refractivity contribution is -0.0145. The zero-order valence-electron chi connectivity index (χ0n) is 10.0. The SMILES string of the molecule is COc1ccc(C2CCC(C)CO2)c(F)c1F. The fourth-order valence-corrected chi connectivity index (χ4v) is 2.08. The molecule has 2 nitrogen and oxygen atoms in total. The molecule has 1 saturated heterocycles. The molecule has 0 amide bonds. The molecule has 1 aromatic rings. The highest BCUT2D eigenvalue weighted by atomic mass is 19.2. The summed E-state index contributed by atoms with van der Waals surface area (Å²) in [5.74, 6) is -1.39. The third kappa shape index (κ3) is 2.41. The first-order valence-corrected chi connectivity index (χ1v) is 5.77. The molecule has 0 radical (unpaired) electrons. The molecule has 0 saturated carbocycles. The Kier molecular flexibility index (Phi) is 3.62. The second kappa shape index (κ2) is 5.00. The predicted octanol–water partition coefficient (Wildman–Crippen LogP) is 3.46. The summed E-state index contributed by atoms with van der Waals surface area (Å²) in [7, 11) is 1.32. The minimum Gasteiger partial charge on any atom is -0.494 e. The number of halogens is 2. The van der Waals surface area contributed by atoms with E-state index in [0.717, 1.165) is 12.8 Å². The van der Waals surface area contributed by atoms with Crippen LogP contribution in [0.15, 0.2) is 12.1 Å². The van der Waals surface area contributed by atoms with E-state index in [1.807, 2.05) is 0 Å². The normalized spacial score (nSPS) is 24.7. The van der Waals surface area contributed by atoms with Crippen LogP contribution in [0.3, 0.4) is 0 Å². The first-order valence-electron chi connectivity index (χ1n) is 5.77. The molecule has 1 aromatic carbocycles. The number of hydrogen-bond donors (Lipinski definition) is 0. The molecule has 0 aromatic heterocycles. The van der Waals surface area contributed by atoms with Gasteiger partial charge in [0.1, 0.15) is 0 Å². The van der Waals surface area contributed by atoms with Crippen LogP contribution >= 0.6 is 0 Å². The van der Waals surface area contributed by atoms with Gasteiger partial charge in [-0.2, -0.15) is 4.39 Å². The van der Waals surface area contributed by atoms with Gasteiger partial charge in [-0.3, -0.25) is 0 Å². The molecular formula is C13H16F2O2. The second-order valence-electron chi connectivity index (χ2n) is 4.49. The smallest absolute Gasteiger partial charge is 0.200 e. The van der Waals surface area contributed by atoms with Gasteiger partial charge in [0, 0.05) is 12.2 Å². The Hall–Kier alpha value is -1.16. The third-order valence-corrected chi connectivity index (χ3v) is 3.15. The lowest BCUT2D eigenvalue weighted by atomic mass is 9.95. The van der Waals surface area contributed by atoms with Crippen LogP contribution in [0.2, 0.25) is 0 Å². The van der Waals surface area contributed by atoms with Gasteiger partial charge < -0.3 is 9.47 Å². The molecule has 0 spiro atoms. The number of rotatable bonds is 2. The van der Waals surface area contributed by atoms with E-state index in [2.05, 4.69) is 6.92 Å². The average molecular weight is 242 g/mol. The lowest BCUT2D eigenvalue weighted by Gasteiger charge is -2.27. The Bertz CT molecular complexity index is 399. The van der Waals surface area contributed by atoms with Gasteiger partial charge in [-0.25, -0.2) is 4.39 Å². The highest BCUT2D eigenvalue weighted by molar-refractivity contribution is 5.32. The summed E-state index contributed by atoms with van der Waals surface area (Å²) in [5.41, 5.74) is 0.287. The van der Waals surface area contributed by atoms with Gasteiger partial charge in [0.25, 0.3) is 0 Å². The Labute approximate surface area is 99.5 Å². The van der Waals surface area contributed by atoms with Gasteiger partial charge in [-0.05, 0) is 30.9 Å². The first-order chi connectivity index (χ1) is 8.13. The van der Waals surface area contributed by atoms with Crippen LogP contribution in [0.5, 0.6) is 5.75 Å². The van der Waals surface area contributed by atoms with E-state index >= 15 is 0 Å². The van der Waals surface area contributed by atoms with Crippen LogP contribution in [0.1, 0.15) is 31.4 Å². The van der Waals surface area contributed by atoms with Crippen molar-refractivity contribution in [3.63, 3.8) is 0 Å². The van der Waals surface area contributed by atoms with E-state index < -0.39 is 11.6 Å². The largest absolute Gasteiger partial charge is 0.494 e. The molecule has 1 fully saturated rings. The Balaban J connectivity index is 2.24. The fourth-order valence-electron chi connectivity index (χ4n) is 2.08. The van der Waals surface area contributed by atoms with Crippen LogP contribution < -0.4 is 4.74 Å². The van der Waals surface area contributed by atoms with Crippen molar-refractivity contribution >= 4 is 0 Å². The third-order valence-electron chi connectivity index (χ3n) is 3.15. The minimum absolute atomic E-state index is 0.0737. The van der Waals surface area contributed by atoms with Crippen molar-refractivity contribution in [1.82, 2.24) is 0 Å². The van der Waals surface area contributed by atoms with Gasteiger partial charge in [-0.15, -0.1) is 0 Å². The first kappa shape index (κ1) is 12.3. The summed E-state index contributed by atoms with van der Waals surface area (Å²) in [6.07, 6.45) is 1.35. The molecule has 2 unspecified atom stereocenters. The number of benzene rings is 1. The maximum atomic E-state index is 13.8. The molecule has 17 heavy (non-hydrogen) atoms. The molecule has 1 aliphatic heterocycles. The van der Waals surface area contributed by atoms with E-state index in [1.54, 1.807) is 0 Å². The monoisotopic (exact) mass is 242 g/mol. The molecule has 94 valence electrons. The van der Waals surface area contributed by atoms with Gasteiger partial charge in [0.15, 0.2) is 11.6 Å². The van der Waals surface area contributed by atoms with Crippen LogP contribution in [-0.2, 0) is 4.74 Å². The van der Waals surface area contributed by atoms with Crippen molar-refractivity contribution in [1.29, 1.82) is 0 Å². The second-order valence-corrected chi connectivity index (χ2v) is 4.49. The summed E-state index contributed by atoms with van der Waals surface area (Å²) < 4.78 is 37.6. The van der Waals surface area contributed by atoms with Crippen LogP contribution in [0.25, 0.3) is 0 Å². The van der Waals surface area contributed by atoms with Crippen molar-refractivity contribution < 1.29 is 18.3 Å². The van der Waals surface area contributed by atoms with Gasteiger partial charge in [0.2, 0.25) is 5.82 Å². The summed E-state index contributed by atoms with van der Waals surface area (Å²) in [6, 6.07) is 2.98. The van der Waals surface area contributed by atoms with E-state index in [4.69, 9.17) is 9.47 Å². The number of ether oxygens (including phenoxy) is 2. The molecule has 0 bridgehead atoms. The van der Waals surface area contributed by atoms with Gasteiger partial charge >= 0.3 is 0 Å². The zero-order valence-corrected chi connectivity index (χ0v) is 10.0. The molecule has 2 atom stereocenters. The minimum atomic E-state index is -0.938. The van der Waals surface area contributed by atoms with Crippen molar-refractivity contribution in [2.45, 2.75) is 25.9 Å². The molecule has 1 aliphatic rings. The van der Waals surface area contributed by atoms with E-state index in [9.17, 15) is 8.78 Å². The molecule has 1 heterocycles. The topological polar surface area (TPSA) is 18.5 Å². The Morgan fingerprint density at radius 3 is 2.59 bits per heavy atom. The van der Waals surface area contributed by atoms with Crippen LogP contribution in [0, 0.1) is 17.6 Å². The van der Waals surface area contributed by atoms with Gasteiger partial charge in [0.05, 0.1) is 13.2 Å². The highest BCUT2D eigenvalue weighted by Gasteiger charge is 2.25. The summed E-state index contributed by atoms with van der Waals surface area (Å²) in [4.78, 5) is 0. The Morgan fingerprint density at radius 2 is 2.00 bits per heavy atom. The molecule has 2 rings (SSSR count). The maximum absolute atomic E-state index is 13.8. The van der Waals surface area contributed by atoms with E-state index in [-0.39, 0.29) is 17.4 Å². The van der Waals surface area contributed by atoms with Crippen LogP contribution in [-0.4, -0.2) is 13.7 Å². The standard InChI is InChI=1S/C13H16F2O2/c1-8-3-5-10(17-7-8)9-4-6-11(16-2)13(15)12(9)14/h4,6,8,10H,3,5,7H2,1-2H3. The predicted molar refractivity (Wildman–Crippen MR) is 60.0 cm³/mol.